The molecule has 1 atom stereocenters. The van der Waals surface area contributed by atoms with E-state index in [1.165, 1.54) is 0 Å². The van der Waals surface area contributed by atoms with Crippen molar-refractivity contribution in [2.24, 2.45) is 5.92 Å². The summed E-state index contributed by atoms with van der Waals surface area (Å²) >= 11 is 0. The summed E-state index contributed by atoms with van der Waals surface area (Å²) in [5.41, 5.74) is 2.55. The van der Waals surface area contributed by atoms with Gasteiger partial charge in [0.2, 0.25) is 5.91 Å². The van der Waals surface area contributed by atoms with E-state index >= 15 is 0 Å². The first kappa shape index (κ1) is 14.4. The number of methoxy groups -OCH3 is 1. The molecule has 1 saturated carbocycles. The first-order valence-electron chi connectivity index (χ1n) is 7.56. The fraction of sp³-hybridized carbons (Fsp3) is 0.375. The predicted molar refractivity (Wildman–Crippen MR) is 87.0 cm³/mol. The summed E-state index contributed by atoms with van der Waals surface area (Å²) in [6.45, 7) is 0. The molecule has 1 aromatic heterocycles. The molecule has 0 unspecified atom stereocenters. The van der Waals surface area contributed by atoms with Crippen LogP contribution in [-0.4, -0.2) is 27.0 Å². The van der Waals surface area contributed by atoms with Gasteiger partial charge in [-0.15, -0.1) is 0 Å². The number of amides is 1. The van der Waals surface area contributed by atoms with Gasteiger partial charge in [-0.25, -0.2) is 4.68 Å². The molecule has 1 aliphatic heterocycles. The van der Waals surface area contributed by atoms with E-state index in [-0.39, 0.29) is 11.8 Å². The van der Waals surface area contributed by atoms with Crippen LogP contribution in [0, 0.1) is 5.92 Å². The van der Waals surface area contributed by atoms with Gasteiger partial charge in [0.15, 0.2) is 0 Å². The molecule has 0 spiro atoms. The molecule has 0 radical (unpaired) electrons. The van der Waals surface area contributed by atoms with Crippen molar-refractivity contribution < 1.29 is 13.7 Å². The Morgan fingerprint density at radius 2 is 2.04 bits per heavy atom. The minimum Gasteiger partial charge on any atom is -0.497 e. The van der Waals surface area contributed by atoms with Crippen LogP contribution in [0.5, 0.6) is 5.75 Å². The fourth-order valence-corrected chi connectivity index (χ4v) is 3.99. The van der Waals surface area contributed by atoms with Crippen LogP contribution in [0.2, 0.25) is 0 Å². The quantitative estimate of drug-likeness (QED) is 0.930. The van der Waals surface area contributed by atoms with Crippen molar-refractivity contribution in [1.29, 1.82) is 0 Å². The zero-order valence-electron chi connectivity index (χ0n) is 12.7. The van der Waals surface area contributed by atoms with Gasteiger partial charge in [0.1, 0.15) is 11.6 Å². The van der Waals surface area contributed by atoms with E-state index in [0.29, 0.717) is 17.3 Å². The second-order valence-corrected chi connectivity index (χ2v) is 7.33. The summed E-state index contributed by atoms with van der Waals surface area (Å²) in [4.78, 5) is 12.2. The van der Waals surface area contributed by atoms with E-state index in [1.54, 1.807) is 11.8 Å². The lowest BCUT2D eigenvalue weighted by Crippen LogP contribution is -2.17. The number of ether oxygens (including phenoxy) is 1. The number of fused-ring (bicyclic) bond motifs is 1. The van der Waals surface area contributed by atoms with Crippen LogP contribution < -0.4 is 10.1 Å². The Labute approximate surface area is 136 Å². The number of rotatable bonds is 4. The molecule has 4 rings (SSSR count). The van der Waals surface area contributed by atoms with Gasteiger partial charge in [-0.3, -0.25) is 9.00 Å². The lowest BCUT2D eigenvalue weighted by molar-refractivity contribution is -0.117. The molecule has 23 heavy (non-hydrogen) atoms. The Kier molecular flexibility index (Phi) is 3.45. The normalized spacial score (nSPS) is 19.4. The number of aromatic nitrogens is 2. The van der Waals surface area contributed by atoms with E-state index in [0.717, 1.165) is 35.5 Å². The molecule has 7 heteroatoms. The average Bonchev–Trinajstić information content (AvgIpc) is 3.28. The highest BCUT2D eigenvalue weighted by atomic mass is 32.2. The molecule has 2 heterocycles. The van der Waals surface area contributed by atoms with Crippen molar-refractivity contribution in [2.75, 3.05) is 12.4 Å². The molecule has 0 bridgehead atoms. The Hall–Kier alpha value is -2.15. The number of benzene rings is 1. The molecule has 1 N–H and O–H groups in total. The maximum atomic E-state index is 12.2. The lowest BCUT2D eigenvalue weighted by Gasteiger charge is -2.11. The van der Waals surface area contributed by atoms with Gasteiger partial charge in [0.25, 0.3) is 0 Å². The first-order chi connectivity index (χ1) is 11.2. The van der Waals surface area contributed by atoms with Crippen LogP contribution in [0.25, 0.3) is 5.69 Å². The Morgan fingerprint density at radius 3 is 2.70 bits per heavy atom. The zero-order chi connectivity index (χ0) is 16.0. The van der Waals surface area contributed by atoms with Crippen molar-refractivity contribution >= 4 is 22.5 Å². The Balaban J connectivity index is 1.74. The minimum atomic E-state index is -0.925. The number of hydrogen-bond donors (Lipinski definition) is 1. The number of hydrogen-bond acceptors (Lipinski definition) is 4. The summed E-state index contributed by atoms with van der Waals surface area (Å²) < 4.78 is 18.7. The average molecular weight is 331 g/mol. The van der Waals surface area contributed by atoms with E-state index in [2.05, 4.69) is 10.4 Å². The van der Waals surface area contributed by atoms with E-state index in [4.69, 9.17) is 4.74 Å². The smallest absolute Gasteiger partial charge is 0.228 e. The third-order valence-electron chi connectivity index (χ3n) is 4.18. The summed E-state index contributed by atoms with van der Waals surface area (Å²) in [6.07, 6.45) is 1.88. The van der Waals surface area contributed by atoms with Crippen LogP contribution in [0.4, 0.5) is 5.82 Å². The molecule has 0 saturated heterocycles. The van der Waals surface area contributed by atoms with Crippen molar-refractivity contribution in [1.82, 2.24) is 9.78 Å². The number of anilines is 1. The molecular formula is C16H17N3O3S. The van der Waals surface area contributed by atoms with Gasteiger partial charge in [-0.05, 0) is 37.1 Å². The van der Waals surface area contributed by atoms with Gasteiger partial charge >= 0.3 is 0 Å². The van der Waals surface area contributed by atoms with Gasteiger partial charge in [-0.2, -0.15) is 5.10 Å². The van der Waals surface area contributed by atoms with Crippen LogP contribution in [0.15, 0.2) is 24.3 Å². The largest absolute Gasteiger partial charge is 0.497 e. The molecule has 2 aliphatic rings. The van der Waals surface area contributed by atoms with Gasteiger partial charge in [0, 0.05) is 22.3 Å². The van der Waals surface area contributed by atoms with Crippen molar-refractivity contribution in [3.8, 4) is 11.4 Å². The van der Waals surface area contributed by atoms with Crippen LogP contribution in [0.3, 0.4) is 0 Å². The number of nitrogens with zero attached hydrogens (tertiary/aromatic N) is 2. The maximum absolute atomic E-state index is 12.2. The lowest BCUT2D eigenvalue weighted by atomic mass is 10.2. The highest BCUT2D eigenvalue weighted by Gasteiger charge is 2.33. The number of carbonyl (C=O) groups excluding carboxylic acids is 1. The molecule has 120 valence electrons. The standard InChI is InChI=1S/C16H17N3O3S/c1-22-12-6-4-11(5-7-12)19-15(17-16(20)10-2-3-10)13-8-23(21)9-14(13)18-19/h4-7,10H,2-3,8-9H2,1H3,(H,17,20)/t23-/m0/s1. The van der Waals surface area contributed by atoms with Crippen molar-refractivity contribution in [3.63, 3.8) is 0 Å². The SMILES string of the molecule is COc1ccc(-n2nc3c(c2NC(=O)C2CC2)C[S@](=O)C3)cc1. The summed E-state index contributed by atoms with van der Waals surface area (Å²) in [5.74, 6) is 2.46. The highest BCUT2D eigenvalue weighted by molar-refractivity contribution is 7.83. The molecule has 1 aliphatic carbocycles. The molecular weight excluding hydrogens is 314 g/mol. The van der Waals surface area contributed by atoms with E-state index < -0.39 is 10.8 Å². The fourth-order valence-electron chi connectivity index (χ4n) is 2.73. The van der Waals surface area contributed by atoms with Crippen LogP contribution in [-0.2, 0) is 27.1 Å². The van der Waals surface area contributed by atoms with Gasteiger partial charge < -0.3 is 10.1 Å². The highest BCUT2D eigenvalue weighted by Crippen LogP contribution is 2.34. The zero-order valence-corrected chi connectivity index (χ0v) is 13.6. The first-order valence-corrected chi connectivity index (χ1v) is 9.05. The van der Waals surface area contributed by atoms with Gasteiger partial charge in [-0.1, -0.05) is 0 Å². The Bertz CT molecular complexity index is 794. The second-order valence-electron chi connectivity index (χ2n) is 5.88. The molecule has 2 aromatic rings. The van der Waals surface area contributed by atoms with Crippen molar-refractivity contribution in [3.05, 3.63) is 35.5 Å². The predicted octanol–water partition coefficient (Wildman–Crippen LogP) is 1.99. The molecule has 1 amide bonds. The topological polar surface area (TPSA) is 73.2 Å². The maximum Gasteiger partial charge on any atom is 0.228 e. The van der Waals surface area contributed by atoms with Crippen molar-refractivity contribution in [2.45, 2.75) is 24.3 Å². The van der Waals surface area contributed by atoms with E-state index in [1.807, 2.05) is 24.3 Å². The summed E-state index contributed by atoms with van der Waals surface area (Å²) in [6, 6.07) is 7.50. The molecule has 6 nitrogen and oxygen atoms in total. The van der Waals surface area contributed by atoms with E-state index in [9.17, 15) is 9.00 Å². The second kappa shape index (κ2) is 5.49. The third kappa shape index (κ3) is 2.65. The Morgan fingerprint density at radius 1 is 1.30 bits per heavy atom. The molecule has 1 aromatic carbocycles. The summed E-state index contributed by atoms with van der Waals surface area (Å²) in [7, 11) is 0.694. The molecule has 1 fully saturated rings. The van der Waals surface area contributed by atoms with Crippen LogP contribution in [0.1, 0.15) is 24.1 Å². The van der Waals surface area contributed by atoms with Crippen LogP contribution >= 0.6 is 0 Å². The third-order valence-corrected chi connectivity index (χ3v) is 5.38. The number of nitrogens with one attached hydrogen (secondary N) is 1. The van der Waals surface area contributed by atoms with Gasteiger partial charge in [0.05, 0.1) is 30.0 Å². The summed E-state index contributed by atoms with van der Waals surface area (Å²) in [5, 5.41) is 7.56. The number of carbonyl (C=O) groups is 1. The minimum absolute atomic E-state index is 0.0279. The monoisotopic (exact) mass is 331 g/mol.